The van der Waals surface area contributed by atoms with Gasteiger partial charge in [0.15, 0.2) is 0 Å². The number of nitrogens with one attached hydrogen (secondary N) is 1. The first-order valence-corrected chi connectivity index (χ1v) is 8.32. The molecule has 0 aliphatic rings. The third-order valence-electron chi connectivity index (χ3n) is 3.33. The molecule has 0 saturated heterocycles. The fourth-order valence-corrected chi connectivity index (χ4v) is 2.74. The standard InChI is InChI=1S/C15H29N3S/c1-5-6-7-8-13(2)16-9-10-18(4)11-15-12-19-14(3)17-15/h12-13,16H,5-11H2,1-4H3. The normalized spacial score (nSPS) is 13.1. The van der Waals surface area contributed by atoms with E-state index in [4.69, 9.17) is 0 Å². The van der Waals surface area contributed by atoms with Crippen LogP contribution in [0.3, 0.4) is 0 Å². The van der Waals surface area contributed by atoms with E-state index in [9.17, 15) is 0 Å². The summed E-state index contributed by atoms with van der Waals surface area (Å²) in [5, 5.41) is 6.92. The summed E-state index contributed by atoms with van der Waals surface area (Å²) >= 11 is 1.73. The summed E-state index contributed by atoms with van der Waals surface area (Å²) in [6, 6.07) is 0.640. The molecule has 0 spiro atoms. The van der Waals surface area contributed by atoms with E-state index in [1.165, 1.54) is 31.4 Å². The molecule has 19 heavy (non-hydrogen) atoms. The van der Waals surface area contributed by atoms with Crippen LogP contribution in [0.15, 0.2) is 5.38 Å². The minimum absolute atomic E-state index is 0.640. The molecule has 110 valence electrons. The van der Waals surface area contributed by atoms with Crippen LogP contribution < -0.4 is 5.32 Å². The van der Waals surface area contributed by atoms with E-state index in [-0.39, 0.29) is 0 Å². The van der Waals surface area contributed by atoms with Crippen molar-refractivity contribution in [2.75, 3.05) is 20.1 Å². The van der Waals surface area contributed by atoms with Gasteiger partial charge >= 0.3 is 0 Å². The Bertz CT molecular complexity index is 338. The lowest BCUT2D eigenvalue weighted by Crippen LogP contribution is -2.34. The zero-order chi connectivity index (χ0) is 14.1. The van der Waals surface area contributed by atoms with Gasteiger partial charge in [-0.1, -0.05) is 26.2 Å². The van der Waals surface area contributed by atoms with Gasteiger partial charge in [0.2, 0.25) is 0 Å². The van der Waals surface area contributed by atoms with E-state index in [0.717, 1.165) is 24.6 Å². The molecule has 1 N–H and O–H groups in total. The predicted molar refractivity (Wildman–Crippen MR) is 84.8 cm³/mol. The molecule has 0 saturated carbocycles. The van der Waals surface area contributed by atoms with Crippen molar-refractivity contribution in [3.05, 3.63) is 16.1 Å². The number of hydrogen-bond donors (Lipinski definition) is 1. The molecule has 1 aromatic rings. The molecular formula is C15H29N3S. The third kappa shape index (κ3) is 7.65. The zero-order valence-corrected chi connectivity index (χ0v) is 13.7. The highest BCUT2D eigenvalue weighted by molar-refractivity contribution is 7.09. The topological polar surface area (TPSA) is 28.2 Å². The van der Waals surface area contributed by atoms with E-state index >= 15 is 0 Å². The van der Waals surface area contributed by atoms with Gasteiger partial charge in [0.25, 0.3) is 0 Å². The molecule has 3 nitrogen and oxygen atoms in total. The van der Waals surface area contributed by atoms with Gasteiger partial charge in [0.1, 0.15) is 0 Å². The van der Waals surface area contributed by atoms with Crippen LogP contribution in [0.1, 0.15) is 50.2 Å². The van der Waals surface area contributed by atoms with Crippen LogP contribution in [0.2, 0.25) is 0 Å². The first kappa shape index (κ1) is 16.6. The molecule has 1 rings (SSSR count). The lowest BCUT2D eigenvalue weighted by Gasteiger charge is -2.18. The molecule has 0 aliphatic heterocycles. The van der Waals surface area contributed by atoms with Gasteiger partial charge in [-0.3, -0.25) is 4.90 Å². The second-order valence-electron chi connectivity index (χ2n) is 5.45. The maximum absolute atomic E-state index is 4.50. The summed E-state index contributed by atoms with van der Waals surface area (Å²) in [5.74, 6) is 0. The summed E-state index contributed by atoms with van der Waals surface area (Å²) in [5.41, 5.74) is 1.20. The molecule has 1 atom stereocenters. The molecule has 0 radical (unpaired) electrons. The highest BCUT2D eigenvalue weighted by Crippen LogP contribution is 2.09. The first-order valence-electron chi connectivity index (χ1n) is 7.44. The Kier molecular flexibility index (Phi) is 8.26. The predicted octanol–water partition coefficient (Wildman–Crippen LogP) is 3.44. The largest absolute Gasteiger partial charge is 0.313 e. The van der Waals surface area contributed by atoms with Crippen molar-refractivity contribution in [2.24, 2.45) is 0 Å². The van der Waals surface area contributed by atoms with Gasteiger partial charge in [0, 0.05) is 31.1 Å². The Hall–Kier alpha value is -0.450. The van der Waals surface area contributed by atoms with Crippen molar-refractivity contribution in [2.45, 2.75) is 59.0 Å². The minimum Gasteiger partial charge on any atom is -0.313 e. The number of unbranched alkanes of at least 4 members (excludes halogenated alkanes) is 2. The van der Waals surface area contributed by atoms with E-state index in [0.29, 0.717) is 6.04 Å². The van der Waals surface area contributed by atoms with E-state index in [2.05, 4.69) is 48.4 Å². The molecule has 0 aromatic carbocycles. The van der Waals surface area contributed by atoms with E-state index in [1.54, 1.807) is 11.3 Å². The smallest absolute Gasteiger partial charge is 0.0897 e. The van der Waals surface area contributed by atoms with Crippen molar-refractivity contribution in [3.8, 4) is 0 Å². The second-order valence-corrected chi connectivity index (χ2v) is 6.51. The number of nitrogens with zero attached hydrogens (tertiary/aromatic N) is 2. The molecule has 0 aliphatic carbocycles. The average molecular weight is 283 g/mol. The Morgan fingerprint density at radius 2 is 2.21 bits per heavy atom. The molecule has 1 aromatic heterocycles. The van der Waals surface area contributed by atoms with Crippen LogP contribution in [0, 0.1) is 6.92 Å². The van der Waals surface area contributed by atoms with Crippen molar-refractivity contribution in [1.82, 2.24) is 15.2 Å². The lowest BCUT2D eigenvalue weighted by molar-refractivity contribution is 0.313. The summed E-state index contributed by atoms with van der Waals surface area (Å²) in [4.78, 5) is 6.83. The summed E-state index contributed by atoms with van der Waals surface area (Å²) in [7, 11) is 2.16. The second kappa shape index (κ2) is 9.45. The molecule has 1 heterocycles. The van der Waals surface area contributed by atoms with Crippen LogP contribution >= 0.6 is 11.3 Å². The highest BCUT2D eigenvalue weighted by atomic mass is 32.1. The lowest BCUT2D eigenvalue weighted by atomic mass is 10.1. The molecule has 0 bridgehead atoms. The maximum Gasteiger partial charge on any atom is 0.0897 e. The number of likely N-dealkylation sites (N-methyl/N-ethyl adjacent to an activating group) is 1. The summed E-state index contributed by atoms with van der Waals surface area (Å²) in [6.45, 7) is 9.71. The van der Waals surface area contributed by atoms with Gasteiger partial charge in [-0.15, -0.1) is 11.3 Å². The number of rotatable bonds is 10. The quantitative estimate of drug-likeness (QED) is 0.667. The van der Waals surface area contributed by atoms with Crippen molar-refractivity contribution in [1.29, 1.82) is 0 Å². The Labute approximate surface area is 122 Å². The minimum atomic E-state index is 0.640. The van der Waals surface area contributed by atoms with Crippen molar-refractivity contribution >= 4 is 11.3 Å². The van der Waals surface area contributed by atoms with Crippen LogP contribution in [0.5, 0.6) is 0 Å². The Balaban J connectivity index is 2.08. The van der Waals surface area contributed by atoms with Crippen molar-refractivity contribution < 1.29 is 0 Å². The summed E-state index contributed by atoms with van der Waals surface area (Å²) in [6.07, 6.45) is 5.30. The van der Waals surface area contributed by atoms with Gasteiger partial charge in [-0.2, -0.15) is 0 Å². The monoisotopic (exact) mass is 283 g/mol. The average Bonchev–Trinajstić information content (AvgIpc) is 2.75. The van der Waals surface area contributed by atoms with E-state index in [1.807, 2.05) is 0 Å². The number of aryl methyl sites for hydroxylation is 1. The molecule has 0 fully saturated rings. The van der Waals surface area contributed by atoms with Crippen molar-refractivity contribution in [3.63, 3.8) is 0 Å². The molecule has 1 unspecified atom stereocenters. The first-order chi connectivity index (χ1) is 9.11. The fraction of sp³-hybridized carbons (Fsp3) is 0.800. The van der Waals surface area contributed by atoms with Crippen LogP contribution in [0.25, 0.3) is 0 Å². The Morgan fingerprint density at radius 1 is 1.42 bits per heavy atom. The van der Waals surface area contributed by atoms with Crippen LogP contribution in [0.4, 0.5) is 0 Å². The number of hydrogen-bond acceptors (Lipinski definition) is 4. The Morgan fingerprint density at radius 3 is 2.84 bits per heavy atom. The fourth-order valence-electron chi connectivity index (χ4n) is 2.14. The van der Waals surface area contributed by atoms with Gasteiger partial charge in [-0.25, -0.2) is 4.98 Å². The molecule has 0 amide bonds. The maximum atomic E-state index is 4.50. The highest BCUT2D eigenvalue weighted by Gasteiger charge is 2.05. The van der Waals surface area contributed by atoms with Gasteiger partial charge in [0.05, 0.1) is 10.7 Å². The molecular weight excluding hydrogens is 254 g/mol. The van der Waals surface area contributed by atoms with Gasteiger partial charge < -0.3 is 5.32 Å². The van der Waals surface area contributed by atoms with E-state index < -0.39 is 0 Å². The van der Waals surface area contributed by atoms with Crippen LogP contribution in [-0.4, -0.2) is 36.1 Å². The summed E-state index contributed by atoms with van der Waals surface area (Å²) < 4.78 is 0. The SMILES string of the molecule is CCCCCC(C)NCCN(C)Cc1csc(C)n1. The number of aromatic nitrogens is 1. The number of thiazole rings is 1. The molecule has 4 heteroatoms. The van der Waals surface area contributed by atoms with Gasteiger partial charge in [-0.05, 0) is 27.3 Å². The third-order valence-corrected chi connectivity index (χ3v) is 4.15. The zero-order valence-electron chi connectivity index (χ0n) is 12.9. The van der Waals surface area contributed by atoms with Crippen LogP contribution in [-0.2, 0) is 6.54 Å².